The molecule has 5 rings (SSSR count). The van der Waals surface area contributed by atoms with Gasteiger partial charge in [-0.3, -0.25) is 9.78 Å². The van der Waals surface area contributed by atoms with Gasteiger partial charge < -0.3 is 14.5 Å². The first-order valence-electron chi connectivity index (χ1n) is 10.9. The average molecular weight is 396 g/mol. The standard InChI is InChI=1S/C22H29N5O2/c1-3-29-20(28)6-4-5-15-16-12-26(13-17(15)16)19-11-18-21(24-9-8-23-18)22(25-19)27-10-7-14(27)2/h8-9,11,14-17H,3-7,10,12-13H2,1-2H3/t14?,15?,16-,17+. The van der Waals surface area contributed by atoms with Crippen LogP contribution in [0.3, 0.4) is 0 Å². The summed E-state index contributed by atoms with van der Waals surface area (Å²) in [5, 5.41) is 0. The Morgan fingerprint density at radius 1 is 1.24 bits per heavy atom. The fourth-order valence-electron chi connectivity index (χ4n) is 5.12. The molecule has 4 heterocycles. The number of piperidine rings is 1. The van der Waals surface area contributed by atoms with Gasteiger partial charge in [0, 0.05) is 50.6 Å². The van der Waals surface area contributed by atoms with E-state index in [0.717, 1.165) is 72.9 Å². The molecule has 2 unspecified atom stereocenters. The number of fused-ring (bicyclic) bond motifs is 2. The van der Waals surface area contributed by atoms with Crippen molar-refractivity contribution in [1.82, 2.24) is 15.0 Å². The molecule has 1 saturated carbocycles. The highest BCUT2D eigenvalue weighted by Crippen LogP contribution is 2.55. The van der Waals surface area contributed by atoms with Gasteiger partial charge in [0.15, 0.2) is 5.82 Å². The lowest BCUT2D eigenvalue weighted by Gasteiger charge is -2.40. The van der Waals surface area contributed by atoms with E-state index in [4.69, 9.17) is 9.72 Å². The minimum Gasteiger partial charge on any atom is -0.466 e. The van der Waals surface area contributed by atoms with Crippen LogP contribution in [-0.4, -0.2) is 53.2 Å². The molecule has 0 aromatic carbocycles. The van der Waals surface area contributed by atoms with E-state index < -0.39 is 0 Å². The summed E-state index contributed by atoms with van der Waals surface area (Å²) in [4.78, 5) is 30.4. The number of hydrogen-bond donors (Lipinski definition) is 0. The number of carbonyl (C=O) groups is 1. The summed E-state index contributed by atoms with van der Waals surface area (Å²) in [6.07, 6.45) is 7.34. The fourth-order valence-corrected chi connectivity index (χ4v) is 5.12. The molecule has 3 aliphatic rings. The third-order valence-corrected chi connectivity index (χ3v) is 6.94. The Hall–Kier alpha value is -2.44. The van der Waals surface area contributed by atoms with Crippen molar-refractivity contribution in [1.29, 1.82) is 0 Å². The Bertz CT molecular complexity index is 907. The Labute approximate surface area is 171 Å². The van der Waals surface area contributed by atoms with Crippen molar-refractivity contribution in [3.63, 3.8) is 0 Å². The molecule has 29 heavy (non-hydrogen) atoms. The summed E-state index contributed by atoms with van der Waals surface area (Å²) in [7, 11) is 0. The molecule has 1 aliphatic carbocycles. The number of carbonyl (C=O) groups excluding carboxylic acids is 1. The summed E-state index contributed by atoms with van der Waals surface area (Å²) < 4.78 is 5.03. The van der Waals surface area contributed by atoms with Gasteiger partial charge in [0.2, 0.25) is 0 Å². The van der Waals surface area contributed by atoms with Crippen LogP contribution in [0.2, 0.25) is 0 Å². The zero-order chi connectivity index (χ0) is 20.0. The number of esters is 1. The van der Waals surface area contributed by atoms with E-state index in [2.05, 4.69) is 32.8 Å². The first kappa shape index (κ1) is 18.6. The number of nitrogens with zero attached hydrogens (tertiary/aromatic N) is 5. The van der Waals surface area contributed by atoms with Crippen LogP contribution in [0.4, 0.5) is 11.6 Å². The first-order chi connectivity index (χ1) is 14.2. The number of hydrogen-bond acceptors (Lipinski definition) is 7. The zero-order valence-corrected chi connectivity index (χ0v) is 17.3. The molecule has 0 radical (unpaired) electrons. The molecule has 3 fully saturated rings. The predicted molar refractivity (Wildman–Crippen MR) is 112 cm³/mol. The lowest BCUT2D eigenvalue weighted by molar-refractivity contribution is -0.143. The molecule has 2 aromatic heterocycles. The van der Waals surface area contributed by atoms with E-state index in [1.54, 1.807) is 12.4 Å². The zero-order valence-electron chi connectivity index (χ0n) is 17.3. The van der Waals surface area contributed by atoms with E-state index >= 15 is 0 Å². The normalized spacial score (nSPS) is 27.7. The van der Waals surface area contributed by atoms with E-state index in [-0.39, 0.29) is 5.97 Å². The van der Waals surface area contributed by atoms with Gasteiger partial charge in [0.1, 0.15) is 11.3 Å². The molecule has 4 atom stereocenters. The maximum Gasteiger partial charge on any atom is 0.305 e. The van der Waals surface area contributed by atoms with Crippen molar-refractivity contribution < 1.29 is 9.53 Å². The van der Waals surface area contributed by atoms with E-state index in [1.165, 1.54) is 6.42 Å². The van der Waals surface area contributed by atoms with E-state index in [1.807, 2.05) is 6.92 Å². The molecule has 0 spiro atoms. The predicted octanol–water partition coefficient (Wildman–Crippen LogP) is 3.04. The van der Waals surface area contributed by atoms with E-state index in [9.17, 15) is 4.79 Å². The largest absolute Gasteiger partial charge is 0.466 e. The summed E-state index contributed by atoms with van der Waals surface area (Å²) >= 11 is 0. The quantitative estimate of drug-likeness (QED) is 0.667. The van der Waals surface area contributed by atoms with Gasteiger partial charge in [-0.05, 0) is 50.9 Å². The molecule has 0 bridgehead atoms. The number of pyridine rings is 1. The number of ether oxygens (including phenoxy) is 1. The minimum atomic E-state index is -0.0610. The lowest BCUT2D eigenvalue weighted by atomic mass is 10.1. The van der Waals surface area contributed by atoms with Crippen molar-refractivity contribution in [2.45, 2.75) is 45.6 Å². The van der Waals surface area contributed by atoms with Crippen LogP contribution < -0.4 is 9.80 Å². The van der Waals surface area contributed by atoms with Crippen molar-refractivity contribution in [3.05, 3.63) is 18.5 Å². The van der Waals surface area contributed by atoms with Crippen LogP contribution in [0.5, 0.6) is 0 Å². The molecule has 7 nitrogen and oxygen atoms in total. The fraction of sp³-hybridized carbons (Fsp3) is 0.636. The molecule has 7 heteroatoms. The molecule has 2 saturated heterocycles. The number of anilines is 2. The topological polar surface area (TPSA) is 71.5 Å². The van der Waals surface area contributed by atoms with Gasteiger partial charge in [-0.25, -0.2) is 9.97 Å². The summed E-state index contributed by atoms with van der Waals surface area (Å²) in [6.45, 7) is 7.73. The van der Waals surface area contributed by atoms with E-state index in [0.29, 0.717) is 19.1 Å². The van der Waals surface area contributed by atoms with Crippen LogP contribution in [0.1, 0.15) is 39.5 Å². The molecule has 154 valence electrons. The van der Waals surface area contributed by atoms with Crippen molar-refractivity contribution in [2.75, 3.05) is 36.0 Å². The average Bonchev–Trinajstić information content (AvgIpc) is 3.16. The maximum atomic E-state index is 11.5. The molecule has 0 N–H and O–H groups in total. The van der Waals surface area contributed by atoms with Gasteiger partial charge in [-0.15, -0.1) is 0 Å². The van der Waals surface area contributed by atoms with Gasteiger partial charge in [0.25, 0.3) is 0 Å². The highest BCUT2D eigenvalue weighted by Gasteiger charge is 2.55. The summed E-state index contributed by atoms with van der Waals surface area (Å²) in [5.74, 6) is 4.19. The van der Waals surface area contributed by atoms with Crippen molar-refractivity contribution in [3.8, 4) is 0 Å². The maximum absolute atomic E-state index is 11.5. The number of aromatic nitrogens is 3. The van der Waals surface area contributed by atoms with Gasteiger partial charge in [0.05, 0.1) is 12.1 Å². The molecular weight excluding hydrogens is 366 g/mol. The summed E-state index contributed by atoms with van der Waals surface area (Å²) in [6, 6.07) is 2.61. The highest BCUT2D eigenvalue weighted by molar-refractivity contribution is 5.88. The Morgan fingerprint density at radius 3 is 2.72 bits per heavy atom. The molecule has 2 aliphatic heterocycles. The third kappa shape index (κ3) is 3.40. The summed E-state index contributed by atoms with van der Waals surface area (Å²) in [5.41, 5.74) is 1.84. The van der Waals surface area contributed by atoms with Gasteiger partial charge in [-0.2, -0.15) is 0 Å². The highest BCUT2D eigenvalue weighted by atomic mass is 16.5. The lowest BCUT2D eigenvalue weighted by Crippen LogP contribution is -2.46. The first-order valence-corrected chi connectivity index (χ1v) is 10.9. The van der Waals surface area contributed by atoms with Gasteiger partial charge >= 0.3 is 5.97 Å². The SMILES string of the molecule is CCOC(=O)CCCC1[C@H]2CN(c3cc4nccnc4c(N4CCC4C)n3)C[C@@H]12. The third-order valence-electron chi connectivity index (χ3n) is 6.94. The smallest absolute Gasteiger partial charge is 0.305 e. The second kappa shape index (κ2) is 7.43. The Kier molecular flexibility index (Phi) is 4.76. The number of rotatable bonds is 7. The monoisotopic (exact) mass is 395 g/mol. The van der Waals surface area contributed by atoms with Crippen LogP contribution >= 0.6 is 0 Å². The van der Waals surface area contributed by atoms with Crippen LogP contribution in [0.25, 0.3) is 11.0 Å². The van der Waals surface area contributed by atoms with Crippen molar-refractivity contribution >= 4 is 28.6 Å². The minimum absolute atomic E-state index is 0.0610. The molecule has 0 amide bonds. The van der Waals surface area contributed by atoms with Crippen LogP contribution in [0, 0.1) is 17.8 Å². The second-order valence-corrected chi connectivity index (χ2v) is 8.65. The van der Waals surface area contributed by atoms with Crippen molar-refractivity contribution in [2.24, 2.45) is 17.8 Å². The van der Waals surface area contributed by atoms with Gasteiger partial charge in [-0.1, -0.05) is 0 Å². The Morgan fingerprint density at radius 2 is 2.03 bits per heavy atom. The second-order valence-electron chi connectivity index (χ2n) is 8.65. The van der Waals surface area contributed by atoms with Crippen LogP contribution in [-0.2, 0) is 9.53 Å². The van der Waals surface area contributed by atoms with Crippen LogP contribution in [0.15, 0.2) is 18.5 Å². The molecular formula is C22H29N5O2. The Balaban J connectivity index is 1.25. The molecule has 2 aromatic rings.